The van der Waals surface area contributed by atoms with Crippen molar-refractivity contribution in [1.29, 1.82) is 0 Å². The van der Waals surface area contributed by atoms with Crippen molar-refractivity contribution in [1.82, 2.24) is 0 Å². The number of alkyl halides is 3. The third-order valence-electron chi connectivity index (χ3n) is 6.02. The summed E-state index contributed by atoms with van der Waals surface area (Å²) in [5, 5.41) is 9.51. The smallest absolute Gasteiger partial charge is 0.449 e. The van der Waals surface area contributed by atoms with Crippen molar-refractivity contribution in [2.24, 2.45) is 17.8 Å². The van der Waals surface area contributed by atoms with Crippen molar-refractivity contribution in [3.8, 4) is 0 Å². The number of carboxylic acid groups (broad SMARTS) is 1. The molecular formula is C16H19F3O6. The van der Waals surface area contributed by atoms with E-state index in [0.29, 0.717) is 19.3 Å². The highest BCUT2D eigenvalue weighted by atomic mass is 19.4. The van der Waals surface area contributed by atoms with Crippen molar-refractivity contribution in [2.75, 3.05) is 0 Å². The van der Waals surface area contributed by atoms with Gasteiger partial charge >= 0.3 is 12.1 Å². The molecule has 0 aromatic carbocycles. The Morgan fingerprint density at radius 1 is 1.24 bits per heavy atom. The maximum absolute atomic E-state index is 13.5. The highest BCUT2D eigenvalue weighted by Crippen LogP contribution is 2.61. The molecule has 6 atom stereocenters. The number of hydrogen-bond acceptors (Lipinski definition) is 5. The Morgan fingerprint density at radius 2 is 1.96 bits per heavy atom. The molecule has 9 heteroatoms. The third-order valence-corrected chi connectivity index (χ3v) is 6.02. The van der Waals surface area contributed by atoms with Crippen LogP contribution in [0.2, 0.25) is 0 Å². The molecular weight excluding hydrogens is 345 g/mol. The van der Waals surface area contributed by atoms with Gasteiger partial charge in [-0.2, -0.15) is 13.2 Å². The van der Waals surface area contributed by atoms with Crippen molar-refractivity contribution < 1.29 is 42.3 Å². The van der Waals surface area contributed by atoms with Crippen LogP contribution in [0.5, 0.6) is 0 Å². The van der Waals surface area contributed by atoms with Crippen LogP contribution in [0.4, 0.5) is 13.2 Å². The molecule has 0 aromatic heterocycles. The highest BCUT2D eigenvalue weighted by Gasteiger charge is 2.71. The molecule has 25 heavy (non-hydrogen) atoms. The Hall–Kier alpha value is -1.32. The van der Waals surface area contributed by atoms with E-state index in [1.165, 1.54) is 0 Å². The van der Waals surface area contributed by atoms with Crippen LogP contribution in [0.3, 0.4) is 0 Å². The van der Waals surface area contributed by atoms with E-state index in [1.54, 1.807) is 6.92 Å². The van der Waals surface area contributed by atoms with E-state index in [1.807, 2.05) is 6.92 Å². The first-order chi connectivity index (χ1) is 11.6. The van der Waals surface area contributed by atoms with Crippen LogP contribution in [0.15, 0.2) is 11.3 Å². The predicted octanol–water partition coefficient (Wildman–Crippen LogP) is 3.13. The van der Waals surface area contributed by atoms with Crippen LogP contribution in [0, 0.1) is 17.8 Å². The number of hydrogen-bond donors (Lipinski definition) is 1. The largest absolute Gasteiger partial charge is 0.478 e. The number of carboxylic acids is 1. The van der Waals surface area contributed by atoms with Crippen LogP contribution in [0.1, 0.15) is 39.5 Å². The molecule has 4 heterocycles. The molecule has 3 saturated heterocycles. The molecule has 4 aliphatic heterocycles. The number of fused-ring (bicyclic) bond motifs is 2. The van der Waals surface area contributed by atoms with Crippen LogP contribution in [-0.4, -0.2) is 34.9 Å². The van der Waals surface area contributed by atoms with Gasteiger partial charge < -0.3 is 14.6 Å². The quantitative estimate of drug-likeness (QED) is 0.721. The van der Waals surface area contributed by atoms with E-state index in [0.717, 1.165) is 0 Å². The SMILES string of the molecule is C[C@@H]1CC[C@H]2C(C(=O)O)=C(C(F)(F)F)O[C@@H]3O[C@@]4(C)CCC1[C@]32OO4. The number of allylic oxidation sites excluding steroid dienone is 1. The average molecular weight is 364 g/mol. The number of rotatable bonds is 1. The lowest BCUT2D eigenvalue weighted by Crippen LogP contribution is -2.67. The van der Waals surface area contributed by atoms with E-state index in [-0.39, 0.29) is 18.3 Å². The van der Waals surface area contributed by atoms with Gasteiger partial charge in [0, 0.05) is 18.3 Å². The summed E-state index contributed by atoms with van der Waals surface area (Å²) >= 11 is 0. The highest BCUT2D eigenvalue weighted by molar-refractivity contribution is 5.88. The fourth-order valence-electron chi connectivity index (χ4n) is 4.87. The topological polar surface area (TPSA) is 74.2 Å². The van der Waals surface area contributed by atoms with Crippen LogP contribution >= 0.6 is 0 Å². The fraction of sp³-hybridized carbons (Fsp3) is 0.812. The standard InChI is InChI=1S/C16H19F3O6/c1-7-3-4-9-10(12(20)21)11(16(17,18)19)22-13-15(9)8(7)5-6-14(2,23-13)24-25-15/h7-9,13H,3-6H2,1-2H3,(H,20,21)/t7-,8?,9+,13-,14-,15-/m1/s1. The molecule has 1 unspecified atom stereocenters. The lowest BCUT2D eigenvalue weighted by Gasteiger charge is -2.56. The Bertz CT molecular complexity index is 646. The zero-order valence-corrected chi connectivity index (χ0v) is 13.8. The fourth-order valence-corrected chi connectivity index (χ4v) is 4.87. The van der Waals surface area contributed by atoms with E-state index in [9.17, 15) is 23.1 Å². The second kappa shape index (κ2) is 5.11. The number of aliphatic carboxylic acids is 1. The van der Waals surface area contributed by atoms with Gasteiger partial charge in [-0.15, -0.1) is 0 Å². The Labute approximate surface area is 141 Å². The number of ether oxygens (including phenoxy) is 2. The number of halogens is 3. The van der Waals surface area contributed by atoms with Gasteiger partial charge in [0.1, 0.15) is 0 Å². The lowest BCUT2D eigenvalue weighted by molar-refractivity contribution is -0.557. The first kappa shape index (κ1) is 17.1. The molecule has 0 radical (unpaired) electrons. The van der Waals surface area contributed by atoms with Gasteiger partial charge in [0.2, 0.25) is 17.8 Å². The van der Waals surface area contributed by atoms with Gasteiger partial charge in [-0.25, -0.2) is 14.6 Å². The summed E-state index contributed by atoms with van der Waals surface area (Å²) in [6.07, 6.45) is -4.41. The van der Waals surface area contributed by atoms with E-state index >= 15 is 0 Å². The summed E-state index contributed by atoms with van der Waals surface area (Å²) in [6, 6.07) is 0. The zero-order valence-electron chi connectivity index (χ0n) is 13.8. The molecule has 5 rings (SSSR count). The zero-order chi connectivity index (χ0) is 18.2. The Morgan fingerprint density at radius 3 is 2.60 bits per heavy atom. The van der Waals surface area contributed by atoms with E-state index < -0.39 is 47.1 Å². The van der Waals surface area contributed by atoms with Crippen molar-refractivity contribution in [2.45, 2.75) is 63.4 Å². The molecule has 1 aliphatic carbocycles. The summed E-state index contributed by atoms with van der Waals surface area (Å²) in [4.78, 5) is 22.8. The summed E-state index contributed by atoms with van der Waals surface area (Å²) < 4.78 is 51.3. The van der Waals surface area contributed by atoms with Gasteiger partial charge in [0.25, 0.3) is 0 Å². The predicted molar refractivity (Wildman–Crippen MR) is 74.6 cm³/mol. The van der Waals surface area contributed by atoms with Crippen molar-refractivity contribution in [3.63, 3.8) is 0 Å². The second-order valence-electron chi connectivity index (χ2n) is 7.52. The van der Waals surface area contributed by atoms with Crippen LogP contribution in [-0.2, 0) is 24.0 Å². The van der Waals surface area contributed by atoms with Crippen molar-refractivity contribution >= 4 is 5.97 Å². The van der Waals surface area contributed by atoms with Gasteiger partial charge in [-0.05, 0) is 32.1 Å². The van der Waals surface area contributed by atoms with Crippen LogP contribution < -0.4 is 0 Å². The normalized spacial score (nSPS) is 46.3. The first-order valence-electron chi connectivity index (χ1n) is 8.34. The third kappa shape index (κ3) is 2.25. The Kier molecular flexibility index (Phi) is 3.50. The van der Waals surface area contributed by atoms with E-state index in [2.05, 4.69) is 0 Å². The molecule has 2 bridgehead atoms. The monoisotopic (exact) mass is 364 g/mol. The molecule has 140 valence electrons. The summed E-state index contributed by atoms with van der Waals surface area (Å²) in [7, 11) is 0. The molecule has 1 N–H and O–H groups in total. The summed E-state index contributed by atoms with van der Waals surface area (Å²) in [5.41, 5.74) is -2.17. The summed E-state index contributed by atoms with van der Waals surface area (Å²) in [5.74, 6) is -5.46. The maximum Gasteiger partial charge on any atom is 0.449 e. The molecule has 5 aliphatic rings. The lowest BCUT2D eigenvalue weighted by atomic mass is 9.59. The minimum atomic E-state index is -4.93. The van der Waals surface area contributed by atoms with Crippen molar-refractivity contribution in [3.05, 3.63) is 11.3 Å². The Balaban J connectivity index is 1.92. The second-order valence-corrected chi connectivity index (χ2v) is 7.52. The first-order valence-corrected chi connectivity index (χ1v) is 8.34. The van der Waals surface area contributed by atoms with Gasteiger partial charge in [0.05, 0.1) is 5.57 Å². The van der Waals surface area contributed by atoms with Crippen LogP contribution in [0.25, 0.3) is 0 Å². The number of carbonyl (C=O) groups is 1. The average Bonchev–Trinajstić information content (AvgIpc) is 2.73. The van der Waals surface area contributed by atoms with Gasteiger partial charge in [-0.3, -0.25) is 0 Å². The molecule has 1 spiro atoms. The molecule has 6 nitrogen and oxygen atoms in total. The van der Waals surface area contributed by atoms with Gasteiger partial charge in [0.15, 0.2) is 5.60 Å². The molecule has 1 saturated carbocycles. The van der Waals surface area contributed by atoms with E-state index in [4.69, 9.17) is 19.2 Å². The summed E-state index contributed by atoms with van der Waals surface area (Å²) in [6.45, 7) is 3.57. The molecule has 4 fully saturated rings. The molecule has 0 amide bonds. The van der Waals surface area contributed by atoms with Gasteiger partial charge in [-0.1, -0.05) is 6.92 Å². The minimum Gasteiger partial charge on any atom is -0.478 e. The maximum atomic E-state index is 13.5. The molecule has 0 aromatic rings. The minimum absolute atomic E-state index is 0.123.